The van der Waals surface area contributed by atoms with Crippen molar-refractivity contribution in [2.75, 3.05) is 0 Å². The Morgan fingerprint density at radius 3 is 2.72 bits per heavy atom. The third kappa shape index (κ3) is 5.16. The van der Waals surface area contributed by atoms with Crippen LogP contribution in [0.5, 0.6) is 5.75 Å². The number of carbonyl (C=O) groups excluding carboxylic acids is 2. The van der Waals surface area contributed by atoms with E-state index in [1.54, 1.807) is 47.9 Å². The van der Waals surface area contributed by atoms with Gasteiger partial charge in [0, 0.05) is 21.2 Å². The fraction of sp³-hybridized carbons (Fsp3) is 0.0455. The van der Waals surface area contributed by atoms with Gasteiger partial charge in [0.2, 0.25) is 0 Å². The predicted molar refractivity (Wildman–Crippen MR) is 134 cm³/mol. The van der Waals surface area contributed by atoms with Crippen LogP contribution < -0.4 is 10.2 Å². The number of amides is 2. The number of ether oxygens (including phenoxy) is 1. The fourth-order valence-electron chi connectivity index (χ4n) is 2.80. The monoisotopic (exact) mass is 520 g/mol. The van der Waals surface area contributed by atoms with Crippen molar-refractivity contribution in [1.29, 1.82) is 0 Å². The van der Waals surface area contributed by atoms with Crippen LogP contribution >= 0.6 is 58.5 Å². The average Bonchev–Trinajstić information content (AvgIpc) is 3.39. The lowest BCUT2D eigenvalue weighted by molar-refractivity contribution is -0.123. The van der Waals surface area contributed by atoms with E-state index in [-0.39, 0.29) is 16.8 Å². The van der Waals surface area contributed by atoms with E-state index >= 15 is 0 Å². The molecule has 0 aliphatic carbocycles. The van der Waals surface area contributed by atoms with E-state index in [2.05, 4.69) is 5.43 Å². The van der Waals surface area contributed by atoms with E-state index in [1.165, 1.54) is 11.3 Å². The summed E-state index contributed by atoms with van der Waals surface area (Å²) in [5.74, 6) is -0.215. The molecule has 0 unspecified atom stereocenters. The number of thiocarbonyl (C=S) groups is 1. The lowest BCUT2D eigenvalue weighted by Gasteiger charge is -2.14. The van der Waals surface area contributed by atoms with Gasteiger partial charge < -0.3 is 4.74 Å². The Labute approximate surface area is 207 Å². The molecule has 10 heteroatoms. The number of para-hydroxylation sites is 1. The molecule has 0 bridgehead atoms. The van der Waals surface area contributed by atoms with E-state index in [0.29, 0.717) is 31.1 Å². The Kier molecular flexibility index (Phi) is 7.17. The molecule has 1 fully saturated rings. The van der Waals surface area contributed by atoms with Gasteiger partial charge in [-0.05, 0) is 47.9 Å². The van der Waals surface area contributed by atoms with Crippen LogP contribution in [0, 0.1) is 0 Å². The smallest absolute Gasteiger partial charge is 0.285 e. The van der Waals surface area contributed by atoms with Gasteiger partial charge in [0.15, 0.2) is 4.32 Å². The van der Waals surface area contributed by atoms with Gasteiger partial charge >= 0.3 is 0 Å². The number of hydrogen-bond acceptors (Lipinski definition) is 6. The van der Waals surface area contributed by atoms with Crippen molar-refractivity contribution in [2.45, 2.75) is 6.61 Å². The SMILES string of the molecule is O=C(NN1C(=O)/C(=C\c2ccccc2OCc2ccc(Cl)cc2Cl)SC1=S)c1cccs1. The van der Waals surface area contributed by atoms with Crippen molar-refractivity contribution in [3.8, 4) is 5.75 Å². The molecule has 1 saturated heterocycles. The highest BCUT2D eigenvalue weighted by atomic mass is 35.5. The summed E-state index contributed by atoms with van der Waals surface area (Å²) in [7, 11) is 0. The van der Waals surface area contributed by atoms with Gasteiger partial charge in [-0.2, -0.15) is 5.01 Å². The molecule has 2 heterocycles. The summed E-state index contributed by atoms with van der Waals surface area (Å²) in [4.78, 5) is 26.0. The Morgan fingerprint density at radius 2 is 1.97 bits per heavy atom. The van der Waals surface area contributed by atoms with E-state index in [4.69, 9.17) is 40.2 Å². The van der Waals surface area contributed by atoms with E-state index in [1.807, 2.05) is 18.2 Å². The summed E-state index contributed by atoms with van der Waals surface area (Å²) < 4.78 is 6.20. The number of thiophene rings is 1. The molecule has 1 aliphatic rings. The van der Waals surface area contributed by atoms with Crippen LogP contribution in [-0.4, -0.2) is 21.1 Å². The number of halogens is 2. The Morgan fingerprint density at radius 1 is 1.16 bits per heavy atom. The first-order valence-electron chi connectivity index (χ1n) is 9.20. The lowest BCUT2D eigenvalue weighted by Crippen LogP contribution is -2.44. The summed E-state index contributed by atoms with van der Waals surface area (Å²) in [6.07, 6.45) is 1.69. The summed E-state index contributed by atoms with van der Waals surface area (Å²) in [6.45, 7) is 0.235. The van der Waals surface area contributed by atoms with Crippen molar-refractivity contribution in [3.63, 3.8) is 0 Å². The van der Waals surface area contributed by atoms with Crippen LogP contribution in [0.4, 0.5) is 0 Å². The number of thioether (sulfide) groups is 1. The minimum atomic E-state index is -0.402. The lowest BCUT2D eigenvalue weighted by atomic mass is 10.2. The highest BCUT2D eigenvalue weighted by Gasteiger charge is 2.34. The molecule has 0 radical (unpaired) electrons. The number of carbonyl (C=O) groups is 2. The van der Waals surface area contributed by atoms with Crippen LogP contribution in [0.25, 0.3) is 6.08 Å². The molecule has 0 spiro atoms. The number of hydrazine groups is 1. The molecule has 1 N–H and O–H groups in total. The van der Waals surface area contributed by atoms with Crippen LogP contribution in [0.15, 0.2) is 64.9 Å². The summed E-state index contributed by atoms with van der Waals surface area (Å²) in [5, 5.41) is 3.93. The number of benzene rings is 2. The molecule has 0 saturated carbocycles. The van der Waals surface area contributed by atoms with Crippen molar-refractivity contribution < 1.29 is 14.3 Å². The van der Waals surface area contributed by atoms with Gasteiger partial charge in [0.1, 0.15) is 12.4 Å². The second kappa shape index (κ2) is 10.1. The number of nitrogens with one attached hydrogen (secondary N) is 1. The van der Waals surface area contributed by atoms with Gasteiger partial charge in [0.05, 0.1) is 9.78 Å². The van der Waals surface area contributed by atoms with E-state index in [9.17, 15) is 9.59 Å². The molecule has 4 rings (SSSR count). The molecule has 162 valence electrons. The van der Waals surface area contributed by atoms with Gasteiger partial charge in [-0.3, -0.25) is 15.0 Å². The molecule has 1 aromatic heterocycles. The fourth-order valence-corrected chi connectivity index (χ4v) is 5.04. The summed E-state index contributed by atoms with van der Waals surface area (Å²) in [6, 6.07) is 15.9. The van der Waals surface area contributed by atoms with Crippen molar-refractivity contribution in [1.82, 2.24) is 10.4 Å². The molecule has 0 atom stereocenters. The Bertz CT molecular complexity index is 1230. The Balaban J connectivity index is 1.50. The molecular weight excluding hydrogens is 507 g/mol. The molecule has 2 aromatic carbocycles. The first-order chi connectivity index (χ1) is 15.4. The zero-order valence-electron chi connectivity index (χ0n) is 16.2. The standard InChI is InChI=1S/C22H14Cl2N2O3S3/c23-15-8-7-14(16(24)11-15)12-29-17-5-2-1-4-13(17)10-19-21(28)26(22(30)32-19)25-20(27)18-6-3-9-31-18/h1-11H,12H2,(H,25,27)/b19-10+. The third-order valence-corrected chi connectivity index (χ3v) is 7.11. The van der Waals surface area contributed by atoms with Crippen LogP contribution in [0.1, 0.15) is 20.8 Å². The molecule has 1 aliphatic heterocycles. The van der Waals surface area contributed by atoms with Crippen LogP contribution in [-0.2, 0) is 11.4 Å². The summed E-state index contributed by atoms with van der Waals surface area (Å²) >= 11 is 19.8. The van der Waals surface area contributed by atoms with Crippen LogP contribution in [0.3, 0.4) is 0 Å². The van der Waals surface area contributed by atoms with Gasteiger partial charge in [-0.1, -0.05) is 65.3 Å². The third-order valence-electron chi connectivity index (χ3n) is 4.36. The normalized spacial score (nSPS) is 14.8. The van der Waals surface area contributed by atoms with E-state index < -0.39 is 5.91 Å². The second-order valence-corrected chi connectivity index (χ2v) is 9.96. The second-order valence-electron chi connectivity index (χ2n) is 6.50. The molecule has 3 aromatic rings. The maximum atomic E-state index is 12.9. The average molecular weight is 521 g/mol. The quantitative estimate of drug-likeness (QED) is 0.310. The molecule has 5 nitrogen and oxygen atoms in total. The molecule has 32 heavy (non-hydrogen) atoms. The Hall–Kier alpha value is -2.36. The number of rotatable bonds is 6. The first kappa shape index (κ1) is 22.8. The maximum Gasteiger partial charge on any atom is 0.285 e. The van der Waals surface area contributed by atoms with Gasteiger partial charge in [0.25, 0.3) is 11.8 Å². The predicted octanol–water partition coefficient (Wildman–Crippen LogP) is 6.18. The van der Waals surface area contributed by atoms with Gasteiger partial charge in [-0.15, -0.1) is 11.3 Å². The first-order valence-corrected chi connectivity index (χ1v) is 12.1. The highest BCUT2D eigenvalue weighted by Crippen LogP contribution is 2.34. The largest absolute Gasteiger partial charge is 0.488 e. The van der Waals surface area contributed by atoms with Gasteiger partial charge in [-0.25, -0.2) is 0 Å². The molecule has 2 amide bonds. The topological polar surface area (TPSA) is 58.6 Å². The number of hydrogen-bond donors (Lipinski definition) is 1. The minimum Gasteiger partial charge on any atom is -0.488 e. The van der Waals surface area contributed by atoms with E-state index in [0.717, 1.165) is 22.3 Å². The molecular formula is C22H14Cl2N2O3S3. The zero-order valence-corrected chi connectivity index (χ0v) is 20.2. The van der Waals surface area contributed by atoms with Crippen molar-refractivity contribution >= 4 is 80.7 Å². The highest BCUT2D eigenvalue weighted by molar-refractivity contribution is 8.26. The van der Waals surface area contributed by atoms with Crippen molar-refractivity contribution in [3.05, 3.63) is 90.9 Å². The maximum absolute atomic E-state index is 12.9. The minimum absolute atomic E-state index is 0.235. The van der Waals surface area contributed by atoms with Crippen molar-refractivity contribution in [2.24, 2.45) is 0 Å². The zero-order chi connectivity index (χ0) is 22.7. The number of nitrogens with zero attached hydrogens (tertiary/aromatic N) is 1. The summed E-state index contributed by atoms with van der Waals surface area (Å²) in [5.41, 5.74) is 4.05. The van der Waals surface area contributed by atoms with Crippen LogP contribution in [0.2, 0.25) is 10.0 Å².